The molecular weight excluding hydrogens is 494 g/mol. The van der Waals surface area contributed by atoms with E-state index in [0.717, 1.165) is 74.7 Å². The van der Waals surface area contributed by atoms with Crippen LogP contribution in [0.25, 0.3) is 11.0 Å². The van der Waals surface area contributed by atoms with Gasteiger partial charge in [0.25, 0.3) is 0 Å². The van der Waals surface area contributed by atoms with E-state index in [-0.39, 0.29) is 11.3 Å². The van der Waals surface area contributed by atoms with Crippen LogP contribution >= 0.6 is 0 Å². The molecule has 2 heterocycles. The maximum atomic E-state index is 11.4. The van der Waals surface area contributed by atoms with Crippen LogP contribution in [0.15, 0.2) is 72.8 Å². The molecule has 1 fully saturated rings. The molecule has 210 valence electrons. The van der Waals surface area contributed by atoms with E-state index in [0.29, 0.717) is 5.92 Å². The summed E-state index contributed by atoms with van der Waals surface area (Å²) in [6.45, 7) is 13.3. The van der Waals surface area contributed by atoms with Crippen molar-refractivity contribution in [2.24, 2.45) is 0 Å². The number of fused-ring (bicyclic) bond motifs is 1. The van der Waals surface area contributed by atoms with Crippen molar-refractivity contribution < 1.29 is 4.79 Å². The zero-order valence-corrected chi connectivity index (χ0v) is 24.4. The molecule has 6 heteroatoms. The second-order valence-corrected chi connectivity index (χ2v) is 12.2. The number of piperidine rings is 1. The van der Waals surface area contributed by atoms with Crippen molar-refractivity contribution in [3.8, 4) is 0 Å². The number of nitrogens with zero attached hydrogens (tertiary/aromatic N) is 3. The van der Waals surface area contributed by atoms with E-state index in [1.165, 1.54) is 16.7 Å². The number of aromatic nitrogens is 2. The SMILES string of the molecule is CC(=O)Nc1cccc(C2CCN(CCCNc3nc4ccccc4n3Cc3ccc(C(C)(C)C)cc3)CC2)c1. The van der Waals surface area contributed by atoms with Gasteiger partial charge in [-0.25, -0.2) is 4.98 Å². The molecule has 1 aliphatic rings. The third-order valence-electron chi connectivity index (χ3n) is 8.02. The summed E-state index contributed by atoms with van der Waals surface area (Å²) in [6.07, 6.45) is 3.38. The summed E-state index contributed by atoms with van der Waals surface area (Å²) in [6, 6.07) is 25.7. The van der Waals surface area contributed by atoms with Crippen molar-refractivity contribution in [2.45, 2.75) is 64.8 Å². The van der Waals surface area contributed by atoms with Crippen molar-refractivity contribution in [2.75, 3.05) is 36.8 Å². The van der Waals surface area contributed by atoms with E-state index >= 15 is 0 Å². The highest BCUT2D eigenvalue weighted by molar-refractivity contribution is 5.88. The minimum Gasteiger partial charge on any atom is -0.356 e. The summed E-state index contributed by atoms with van der Waals surface area (Å²) in [7, 11) is 0. The van der Waals surface area contributed by atoms with Crippen LogP contribution in [0.2, 0.25) is 0 Å². The van der Waals surface area contributed by atoms with Crippen LogP contribution in [0.3, 0.4) is 0 Å². The first-order valence-corrected chi connectivity index (χ1v) is 14.6. The molecule has 4 aromatic rings. The third-order valence-corrected chi connectivity index (χ3v) is 8.02. The highest BCUT2D eigenvalue weighted by Gasteiger charge is 2.21. The van der Waals surface area contributed by atoms with Crippen LogP contribution in [0.4, 0.5) is 11.6 Å². The Balaban J connectivity index is 1.14. The van der Waals surface area contributed by atoms with Crippen LogP contribution in [-0.2, 0) is 16.8 Å². The number of imidazole rings is 1. The zero-order valence-electron chi connectivity index (χ0n) is 24.4. The van der Waals surface area contributed by atoms with Gasteiger partial charge in [0.15, 0.2) is 0 Å². The number of amides is 1. The largest absolute Gasteiger partial charge is 0.356 e. The molecule has 0 spiro atoms. The Bertz CT molecular complexity index is 1420. The van der Waals surface area contributed by atoms with Gasteiger partial charge in [-0.2, -0.15) is 0 Å². The van der Waals surface area contributed by atoms with Gasteiger partial charge in [0.05, 0.1) is 17.6 Å². The molecule has 1 aromatic heterocycles. The van der Waals surface area contributed by atoms with Crippen molar-refractivity contribution in [3.05, 3.63) is 89.5 Å². The summed E-state index contributed by atoms with van der Waals surface area (Å²) < 4.78 is 2.31. The monoisotopic (exact) mass is 537 g/mol. The predicted octanol–water partition coefficient (Wildman–Crippen LogP) is 7.02. The minimum atomic E-state index is -0.0223. The Morgan fingerprint density at radius 2 is 1.73 bits per heavy atom. The molecule has 0 atom stereocenters. The topological polar surface area (TPSA) is 62.2 Å². The molecule has 0 aliphatic carbocycles. The number of hydrogen-bond acceptors (Lipinski definition) is 4. The zero-order chi connectivity index (χ0) is 28.1. The number of benzene rings is 3. The molecule has 2 N–H and O–H groups in total. The Morgan fingerprint density at radius 3 is 2.45 bits per heavy atom. The van der Waals surface area contributed by atoms with Crippen molar-refractivity contribution in [1.82, 2.24) is 14.5 Å². The van der Waals surface area contributed by atoms with Gasteiger partial charge in [-0.15, -0.1) is 0 Å². The van der Waals surface area contributed by atoms with Gasteiger partial charge >= 0.3 is 0 Å². The average Bonchev–Trinajstić information content (AvgIpc) is 3.28. The van der Waals surface area contributed by atoms with Gasteiger partial charge < -0.3 is 20.1 Å². The molecule has 3 aromatic carbocycles. The Kier molecular flexibility index (Phi) is 8.55. The number of hydrogen-bond donors (Lipinski definition) is 2. The fourth-order valence-corrected chi connectivity index (χ4v) is 5.73. The summed E-state index contributed by atoms with van der Waals surface area (Å²) in [5, 5.41) is 6.56. The standard InChI is InChI=1S/C34H43N5O/c1-25(40)36-30-10-7-9-28(23-30)27-17-21-38(22-18-27)20-8-19-35-33-37-31-11-5-6-12-32(31)39(33)24-26-13-15-29(16-14-26)34(2,3)4/h5-7,9-16,23,27H,8,17-22,24H2,1-4H3,(H,35,37)(H,36,40). The van der Waals surface area contributed by atoms with Gasteiger partial charge in [0.1, 0.15) is 0 Å². The maximum absolute atomic E-state index is 11.4. The lowest BCUT2D eigenvalue weighted by Gasteiger charge is -2.32. The van der Waals surface area contributed by atoms with E-state index in [1.54, 1.807) is 6.92 Å². The third kappa shape index (κ3) is 6.92. The second-order valence-electron chi connectivity index (χ2n) is 12.2. The first-order valence-electron chi connectivity index (χ1n) is 14.6. The fourth-order valence-electron chi connectivity index (χ4n) is 5.73. The van der Waals surface area contributed by atoms with Crippen LogP contribution in [-0.4, -0.2) is 46.5 Å². The molecule has 0 unspecified atom stereocenters. The highest BCUT2D eigenvalue weighted by Crippen LogP contribution is 2.30. The van der Waals surface area contributed by atoms with E-state index in [2.05, 4.69) is 102 Å². The number of anilines is 2. The summed E-state index contributed by atoms with van der Waals surface area (Å²) in [4.78, 5) is 18.9. The molecule has 0 radical (unpaired) electrons. The van der Waals surface area contributed by atoms with Gasteiger partial charge in [0.2, 0.25) is 11.9 Å². The molecule has 0 bridgehead atoms. The lowest BCUT2D eigenvalue weighted by atomic mass is 9.87. The first-order chi connectivity index (χ1) is 19.3. The second kappa shape index (κ2) is 12.3. The van der Waals surface area contributed by atoms with E-state index in [1.807, 2.05) is 12.1 Å². The van der Waals surface area contributed by atoms with Gasteiger partial charge in [0, 0.05) is 19.2 Å². The molecule has 1 aliphatic heterocycles. The summed E-state index contributed by atoms with van der Waals surface area (Å²) in [5.41, 5.74) is 7.21. The Labute approximate surface area is 238 Å². The first kappa shape index (κ1) is 27.9. The fraction of sp³-hybridized carbons (Fsp3) is 0.412. The molecule has 40 heavy (non-hydrogen) atoms. The number of carbonyl (C=O) groups excluding carboxylic acids is 1. The number of likely N-dealkylation sites (tertiary alicyclic amines) is 1. The quantitative estimate of drug-likeness (QED) is 0.225. The normalized spacial score (nSPS) is 14.9. The van der Waals surface area contributed by atoms with E-state index in [4.69, 9.17) is 4.98 Å². The van der Waals surface area contributed by atoms with Crippen LogP contribution in [0.1, 0.15) is 69.6 Å². The van der Waals surface area contributed by atoms with Crippen molar-refractivity contribution in [1.29, 1.82) is 0 Å². The highest BCUT2D eigenvalue weighted by atomic mass is 16.1. The Hall–Kier alpha value is -3.64. The van der Waals surface area contributed by atoms with Crippen LogP contribution in [0.5, 0.6) is 0 Å². The summed E-state index contributed by atoms with van der Waals surface area (Å²) >= 11 is 0. The molecule has 0 saturated carbocycles. The van der Waals surface area contributed by atoms with Gasteiger partial charge in [-0.05, 0) is 91.2 Å². The molecular formula is C34H43N5O. The van der Waals surface area contributed by atoms with Crippen molar-refractivity contribution in [3.63, 3.8) is 0 Å². The van der Waals surface area contributed by atoms with E-state index in [9.17, 15) is 4.79 Å². The summed E-state index contributed by atoms with van der Waals surface area (Å²) in [5.74, 6) is 1.48. The van der Waals surface area contributed by atoms with E-state index < -0.39 is 0 Å². The molecule has 5 rings (SSSR count). The Morgan fingerprint density at radius 1 is 0.975 bits per heavy atom. The maximum Gasteiger partial charge on any atom is 0.221 e. The minimum absolute atomic E-state index is 0.0223. The van der Waals surface area contributed by atoms with Crippen LogP contribution < -0.4 is 10.6 Å². The predicted molar refractivity (Wildman–Crippen MR) is 166 cm³/mol. The number of rotatable bonds is 9. The van der Waals surface area contributed by atoms with Gasteiger partial charge in [-0.3, -0.25) is 4.79 Å². The average molecular weight is 538 g/mol. The molecule has 1 saturated heterocycles. The smallest absolute Gasteiger partial charge is 0.221 e. The molecule has 6 nitrogen and oxygen atoms in total. The van der Waals surface area contributed by atoms with Crippen molar-refractivity contribution >= 4 is 28.6 Å². The van der Waals surface area contributed by atoms with Crippen LogP contribution in [0, 0.1) is 0 Å². The molecule has 1 amide bonds. The number of nitrogens with one attached hydrogen (secondary N) is 2. The number of carbonyl (C=O) groups is 1. The van der Waals surface area contributed by atoms with Gasteiger partial charge in [-0.1, -0.05) is 69.3 Å². The lowest BCUT2D eigenvalue weighted by Crippen LogP contribution is -2.34. The number of para-hydroxylation sites is 2. The lowest BCUT2D eigenvalue weighted by molar-refractivity contribution is -0.114.